The summed E-state index contributed by atoms with van der Waals surface area (Å²) in [6.45, 7) is 3.61. The zero-order valence-corrected chi connectivity index (χ0v) is 12.3. The second-order valence-corrected chi connectivity index (χ2v) is 5.71. The van der Waals surface area contributed by atoms with Crippen LogP contribution in [0.3, 0.4) is 0 Å². The average molecular weight is 318 g/mol. The Kier molecular flexibility index (Phi) is 3.85. The van der Waals surface area contributed by atoms with Gasteiger partial charge in [0.2, 0.25) is 0 Å². The summed E-state index contributed by atoms with van der Waals surface area (Å²) in [6, 6.07) is 16.8. The van der Waals surface area contributed by atoms with Crippen LogP contribution in [-0.4, -0.2) is 18.1 Å². The lowest BCUT2D eigenvalue weighted by atomic mass is 10.1. The quantitative estimate of drug-likeness (QED) is 0.834. The van der Waals surface area contributed by atoms with E-state index in [4.69, 9.17) is 4.74 Å². The van der Waals surface area contributed by atoms with Crippen LogP contribution in [0.4, 0.5) is 0 Å². The van der Waals surface area contributed by atoms with Gasteiger partial charge in [-0.3, -0.25) is 4.90 Å². The molecule has 0 amide bonds. The molecule has 3 rings (SSSR count). The fraction of sp³-hybridized carbons (Fsp3) is 0.250. The van der Waals surface area contributed by atoms with Crippen molar-refractivity contribution in [1.82, 2.24) is 4.90 Å². The molecule has 2 aromatic rings. The topological polar surface area (TPSA) is 12.5 Å². The van der Waals surface area contributed by atoms with E-state index < -0.39 is 0 Å². The Balaban J connectivity index is 1.78. The number of benzene rings is 2. The first-order valence-corrected chi connectivity index (χ1v) is 7.28. The summed E-state index contributed by atoms with van der Waals surface area (Å²) >= 11 is 3.53. The van der Waals surface area contributed by atoms with Crippen molar-refractivity contribution in [1.29, 1.82) is 0 Å². The number of fused-ring (bicyclic) bond motifs is 1. The zero-order valence-electron chi connectivity index (χ0n) is 10.7. The van der Waals surface area contributed by atoms with Gasteiger partial charge in [-0.1, -0.05) is 46.3 Å². The molecule has 0 bridgehead atoms. The first-order chi connectivity index (χ1) is 9.31. The van der Waals surface area contributed by atoms with E-state index in [1.807, 2.05) is 12.1 Å². The minimum Gasteiger partial charge on any atom is -0.492 e. The molecule has 0 saturated heterocycles. The summed E-state index contributed by atoms with van der Waals surface area (Å²) < 4.78 is 6.92. The zero-order chi connectivity index (χ0) is 13.1. The third-order valence-corrected chi connectivity index (χ3v) is 3.82. The molecule has 0 fully saturated rings. The molecule has 0 radical (unpaired) electrons. The van der Waals surface area contributed by atoms with Crippen LogP contribution in [0, 0.1) is 0 Å². The molecule has 0 unspecified atom stereocenters. The lowest BCUT2D eigenvalue weighted by Gasteiger charge is -2.19. The van der Waals surface area contributed by atoms with Gasteiger partial charge in [0.15, 0.2) is 0 Å². The smallest absolute Gasteiger partial charge is 0.123 e. The van der Waals surface area contributed by atoms with Crippen molar-refractivity contribution in [3.63, 3.8) is 0 Å². The highest BCUT2D eigenvalue weighted by Gasteiger charge is 2.15. The largest absolute Gasteiger partial charge is 0.492 e. The number of rotatable bonds is 2. The van der Waals surface area contributed by atoms with Gasteiger partial charge in [-0.25, -0.2) is 0 Å². The van der Waals surface area contributed by atoms with Gasteiger partial charge >= 0.3 is 0 Å². The van der Waals surface area contributed by atoms with Gasteiger partial charge in [0.1, 0.15) is 12.4 Å². The van der Waals surface area contributed by atoms with Crippen LogP contribution in [0.15, 0.2) is 53.0 Å². The Labute approximate surface area is 122 Å². The molecule has 1 aliphatic heterocycles. The van der Waals surface area contributed by atoms with Gasteiger partial charge in [-0.05, 0) is 23.8 Å². The van der Waals surface area contributed by atoms with E-state index in [1.54, 1.807) is 0 Å². The Hall–Kier alpha value is -1.32. The molecule has 0 aromatic heterocycles. The normalized spacial score (nSPS) is 15.4. The second kappa shape index (κ2) is 5.76. The minimum atomic E-state index is 0.751. The monoisotopic (exact) mass is 317 g/mol. The summed E-state index contributed by atoms with van der Waals surface area (Å²) in [7, 11) is 0. The maximum absolute atomic E-state index is 5.81. The number of nitrogens with zero attached hydrogens (tertiary/aromatic N) is 1. The Morgan fingerprint density at radius 3 is 2.79 bits per heavy atom. The third kappa shape index (κ3) is 3.17. The third-order valence-electron chi connectivity index (χ3n) is 3.33. The van der Waals surface area contributed by atoms with Crippen molar-refractivity contribution in [3.8, 4) is 5.75 Å². The fourth-order valence-electron chi connectivity index (χ4n) is 2.39. The summed E-state index contributed by atoms with van der Waals surface area (Å²) in [5.41, 5.74) is 2.60. The van der Waals surface area contributed by atoms with Crippen molar-refractivity contribution >= 4 is 15.9 Å². The van der Waals surface area contributed by atoms with Gasteiger partial charge in [0.05, 0.1) is 0 Å². The number of hydrogen-bond donors (Lipinski definition) is 0. The predicted octanol–water partition coefficient (Wildman–Crippen LogP) is 3.84. The van der Waals surface area contributed by atoms with Crippen LogP contribution in [0.25, 0.3) is 0 Å². The number of halogens is 1. The van der Waals surface area contributed by atoms with E-state index in [-0.39, 0.29) is 0 Å². The molecular formula is C16H16BrNO. The minimum absolute atomic E-state index is 0.751. The lowest BCUT2D eigenvalue weighted by molar-refractivity contribution is 0.219. The van der Waals surface area contributed by atoms with Gasteiger partial charge in [0.25, 0.3) is 0 Å². The Morgan fingerprint density at radius 1 is 1.11 bits per heavy atom. The van der Waals surface area contributed by atoms with E-state index in [0.717, 1.165) is 36.5 Å². The van der Waals surface area contributed by atoms with Crippen LogP contribution < -0.4 is 4.74 Å². The molecule has 2 aromatic carbocycles. The molecular weight excluding hydrogens is 302 g/mol. The maximum Gasteiger partial charge on any atom is 0.123 e. The number of ether oxygens (including phenoxy) is 1. The van der Waals surface area contributed by atoms with E-state index in [2.05, 4.69) is 57.2 Å². The molecule has 0 spiro atoms. The SMILES string of the molecule is Brc1ccc2c(c1)CN(Cc1ccccc1)CCO2. The van der Waals surface area contributed by atoms with Crippen molar-refractivity contribution in [2.75, 3.05) is 13.2 Å². The first-order valence-electron chi connectivity index (χ1n) is 6.49. The molecule has 1 aliphatic rings. The molecule has 3 heteroatoms. The van der Waals surface area contributed by atoms with Crippen LogP contribution >= 0.6 is 15.9 Å². The summed E-state index contributed by atoms with van der Waals surface area (Å²) in [4.78, 5) is 2.42. The van der Waals surface area contributed by atoms with Crippen molar-refractivity contribution < 1.29 is 4.74 Å². The highest BCUT2D eigenvalue weighted by Crippen LogP contribution is 2.27. The molecule has 0 atom stereocenters. The predicted molar refractivity (Wildman–Crippen MR) is 80.2 cm³/mol. The molecule has 0 saturated carbocycles. The van der Waals surface area contributed by atoms with Crippen LogP contribution in [0.1, 0.15) is 11.1 Å². The van der Waals surface area contributed by atoms with Gasteiger partial charge in [-0.2, -0.15) is 0 Å². The van der Waals surface area contributed by atoms with Crippen LogP contribution in [0.2, 0.25) is 0 Å². The van der Waals surface area contributed by atoms with E-state index in [0.29, 0.717) is 0 Å². The van der Waals surface area contributed by atoms with Gasteiger partial charge < -0.3 is 4.74 Å². The highest BCUT2D eigenvalue weighted by molar-refractivity contribution is 9.10. The van der Waals surface area contributed by atoms with Crippen LogP contribution in [0.5, 0.6) is 5.75 Å². The van der Waals surface area contributed by atoms with Crippen molar-refractivity contribution in [3.05, 3.63) is 64.1 Å². The number of hydrogen-bond acceptors (Lipinski definition) is 2. The van der Waals surface area contributed by atoms with Crippen LogP contribution in [-0.2, 0) is 13.1 Å². The Morgan fingerprint density at radius 2 is 1.95 bits per heavy atom. The molecule has 19 heavy (non-hydrogen) atoms. The molecule has 0 N–H and O–H groups in total. The van der Waals surface area contributed by atoms with Crippen molar-refractivity contribution in [2.24, 2.45) is 0 Å². The van der Waals surface area contributed by atoms with E-state index in [1.165, 1.54) is 11.1 Å². The van der Waals surface area contributed by atoms with E-state index in [9.17, 15) is 0 Å². The molecule has 98 valence electrons. The standard InChI is InChI=1S/C16H16BrNO/c17-15-6-7-16-14(10-15)12-18(8-9-19-16)11-13-4-2-1-3-5-13/h1-7,10H,8-9,11-12H2. The Bertz CT molecular complexity index is 556. The fourth-order valence-corrected chi connectivity index (χ4v) is 2.80. The summed E-state index contributed by atoms with van der Waals surface area (Å²) in [5.74, 6) is 1.01. The molecule has 2 nitrogen and oxygen atoms in total. The lowest BCUT2D eigenvalue weighted by Crippen LogP contribution is -2.25. The maximum atomic E-state index is 5.81. The molecule has 1 heterocycles. The van der Waals surface area contributed by atoms with Gasteiger partial charge in [0, 0.05) is 29.7 Å². The van der Waals surface area contributed by atoms with Crippen molar-refractivity contribution in [2.45, 2.75) is 13.1 Å². The second-order valence-electron chi connectivity index (χ2n) is 4.80. The summed E-state index contributed by atoms with van der Waals surface area (Å²) in [6.07, 6.45) is 0. The van der Waals surface area contributed by atoms with Gasteiger partial charge in [-0.15, -0.1) is 0 Å². The highest BCUT2D eigenvalue weighted by atomic mass is 79.9. The molecule has 0 aliphatic carbocycles. The summed E-state index contributed by atoms with van der Waals surface area (Å²) in [5, 5.41) is 0. The average Bonchev–Trinajstić information content (AvgIpc) is 2.61. The first kappa shape index (κ1) is 12.7. The van der Waals surface area contributed by atoms with E-state index >= 15 is 0 Å².